The fourth-order valence-corrected chi connectivity index (χ4v) is 4.57. The van der Waals surface area contributed by atoms with Gasteiger partial charge in [0, 0.05) is 22.1 Å². The molecule has 21 heavy (non-hydrogen) atoms. The van der Waals surface area contributed by atoms with Crippen LogP contribution < -0.4 is 5.32 Å². The van der Waals surface area contributed by atoms with Crippen molar-refractivity contribution in [1.82, 2.24) is 5.32 Å². The number of carbonyl (C=O) groups is 1. The number of hydrogen-bond donors (Lipinski definition) is 2. The van der Waals surface area contributed by atoms with Crippen LogP contribution in [-0.2, 0) is 4.79 Å². The summed E-state index contributed by atoms with van der Waals surface area (Å²) in [7, 11) is 0. The summed E-state index contributed by atoms with van der Waals surface area (Å²) < 4.78 is 0. The smallest absolute Gasteiger partial charge is 0.308 e. The van der Waals surface area contributed by atoms with Gasteiger partial charge in [-0.1, -0.05) is 23.2 Å². The van der Waals surface area contributed by atoms with Crippen LogP contribution in [-0.4, -0.2) is 17.1 Å². The number of nitrogens with one attached hydrogen (secondary N) is 1. The van der Waals surface area contributed by atoms with Crippen LogP contribution in [0.1, 0.15) is 37.8 Å². The lowest BCUT2D eigenvalue weighted by molar-refractivity contribution is -0.144. The van der Waals surface area contributed by atoms with Gasteiger partial charge in [-0.2, -0.15) is 0 Å². The molecule has 3 nitrogen and oxygen atoms in total. The molecule has 5 heteroatoms. The quantitative estimate of drug-likeness (QED) is 0.873. The Bertz CT molecular complexity index is 563. The Morgan fingerprint density at radius 1 is 1.33 bits per heavy atom. The summed E-state index contributed by atoms with van der Waals surface area (Å²) in [6.45, 7) is 2.02. The molecular weight excluding hydrogens is 309 g/mol. The second-order valence-electron chi connectivity index (χ2n) is 6.28. The molecule has 0 aromatic heterocycles. The maximum Gasteiger partial charge on any atom is 0.308 e. The average Bonchev–Trinajstić information content (AvgIpc) is 3.02. The summed E-state index contributed by atoms with van der Waals surface area (Å²) >= 11 is 12.3. The number of hydrogen-bond acceptors (Lipinski definition) is 2. The molecular formula is C16H19Cl2NO2. The minimum absolute atomic E-state index is 0.0117. The summed E-state index contributed by atoms with van der Waals surface area (Å²) in [6, 6.07) is 5.42. The summed E-state index contributed by atoms with van der Waals surface area (Å²) in [5, 5.41) is 14.3. The highest BCUT2D eigenvalue weighted by molar-refractivity contribution is 6.33. The highest BCUT2D eigenvalue weighted by Crippen LogP contribution is 2.49. The molecule has 5 atom stereocenters. The number of rotatable bonds is 4. The van der Waals surface area contributed by atoms with E-state index in [0.717, 1.165) is 24.8 Å². The average molecular weight is 328 g/mol. The minimum atomic E-state index is -0.677. The van der Waals surface area contributed by atoms with Crippen molar-refractivity contribution < 1.29 is 9.90 Å². The van der Waals surface area contributed by atoms with Gasteiger partial charge in [0.25, 0.3) is 0 Å². The topological polar surface area (TPSA) is 49.3 Å². The molecule has 2 aliphatic carbocycles. The van der Waals surface area contributed by atoms with Gasteiger partial charge in [-0.25, -0.2) is 0 Å². The Hall–Kier alpha value is -0.770. The Morgan fingerprint density at radius 3 is 2.76 bits per heavy atom. The summed E-state index contributed by atoms with van der Waals surface area (Å²) in [4.78, 5) is 11.6. The highest BCUT2D eigenvalue weighted by Gasteiger charge is 2.51. The number of halogens is 2. The standard InChI is InChI=1S/C16H19Cl2NO2/c1-8(12-7-11(17)4-5-13(12)18)19-15-10-3-2-9(6-10)14(15)16(20)21/h4-5,7-10,14-15,19H,2-3,6H2,1H3,(H,20,21). The molecule has 3 rings (SSSR count). The van der Waals surface area contributed by atoms with E-state index in [-0.39, 0.29) is 18.0 Å². The van der Waals surface area contributed by atoms with E-state index in [0.29, 0.717) is 21.9 Å². The van der Waals surface area contributed by atoms with E-state index < -0.39 is 5.97 Å². The van der Waals surface area contributed by atoms with E-state index in [1.807, 2.05) is 13.0 Å². The Kier molecular flexibility index (Phi) is 4.17. The van der Waals surface area contributed by atoms with Gasteiger partial charge in [0.1, 0.15) is 0 Å². The molecule has 0 spiro atoms. The summed E-state index contributed by atoms with van der Waals surface area (Å²) in [5.74, 6) is -0.156. The fraction of sp³-hybridized carbons (Fsp3) is 0.562. The zero-order valence-corrected chi connectivity index (χ0v) is 13.4. The molecule has 0 heterocycles. The lowest BCUT2D eigenvalue weighted by atomic mass is 9.84. The molecule has 2 saturated carbocycles. The van der Waals surface area contributed by atoms with Crippen molar-refractivity contribution in [2.24, 2.45) is 17.8 Å². The second-order valence-corrected chi connectivity index (χ2v) is 7.12. The predicted molar refractivity (Wildman–Crippen MR) is 83.8 cm³/mol. The van der Waals surface area contributed by atoms with Crippen LogP contribution in [0.15, 0.2) is 18.2 Å². The van der Waals surface area contributed by atoms with Crippen molar-refractivity contribution in [2.75, 3.05) is 0 Å². The van der Waals surface area contributed by atoms with Crippen molar-refractivity contribution in [3.05, 3.63) is 33.8 Å². The number of benzene rings is 1. The lowest BCUT2D eigenvalue weighted by Crippen LogP contribution is -2.45. The first kappa shape index (κ1) is 15.1. The Balaban J connectivity index is 1.79. The molecule has 1 aromatic rings. The van der Waals surface area contributed by atoms with E-state index in [4.69, 9.17) is 23.2 Å². The first-order chi connectivity index (χ1) is 9.97. The van der Waals surface area contributed by atoms with Gasteiger partial charge >= 0.3 is 5.97 Å². The zero-order valence-electron chi connectivity index (χ0n) is 11.9. The lowest BCUT2D eigenvalue weighted by Gasteiger charge is -2.32. The van der Waals surface area contributed by atoms with Crippen molar-refractivity contribution in [3.63, 3.8) is 0 Å². The third kappa shape index (κ3) is 2.79. The normalized spacial score (nSPS) is 32.3. The predicted octanol–water partition coefficient (Wildman–Crippen LogP) is 4.14. The van der Waals surface area contributed by atoms with Gasteiger partial charge in [0.15, 0.2) is 0 Å². The minimum Gasteiger partial charge on any atom is -0.481 e. The van der Waals surface area contributed by atoms with Crippen molar-refractivity contribution in [1.29, 1.82) is 0 Å². The monoisotopic (exact) mass is 327 g/mol. The SMILES string of the molecule is CC(NC1C2CCC(C2)C1C(=O)O)c1cc(Cl)ccc1Cl. The van der Waals surface area contributed by atoms with Crippen LogP contribution in [0.4, 0.5) is 0 Å². The van der Waals surface area contributed by atoms with Crippen molar-refractivity contribution >= 4 is 29.2 Å². The van der Waals surface area contributed by atoms with Gasteiger partial charge in [0.2, 0.25) is 0 Å². The van der Waals surface area contributed by atoms with Gasteiger partial charge in [0.05, 0.1) is 5.92 Å². The molecule has 0 amide bonds. The first-order valence-corrected chi connectivity index (χ1v) is 8.16. The van der Waals surface area contributed by atoms with Crippen LogP contribution in [0.25, 0.3) is 0 Å². The van der Waals surface area contributed by atoms with E-state index in [2.05, 4.69) is 5.32 Å². The molecule has 5 unspecified atom stereocenters. The number of aliphatic carboxylic acids is 1. The molecule has 1 aromatic carbocycles. The molecule has 0 radical (unpaired) electrons. The van der Waals surface area contributed by atoms with Crippen LogP contribution >= 0.6 is 23.2 Å². The fourth-order valence-electron chi connectivity index (χ4n) is 4.11. The van der Waals surface area contributed by atoms with Gasteiger partial charge in [-0.15, -0.1) is 0 Å². The van der Waals surface area contributed by atoms with E-state index in [1.165, 1.54) is 0 Å². The molecule has 0 aliphatic heterocycles. The molecule has 2 N–H and O–H groups in total. The van der Waals surface area contributed by atoms with Crippen LogP contribution in [0.2, 0.25) is 10.0 Å². The zero-order chi connectivity index (χ0) is 15.1. The third-order valence-corrected chi connectivity index (χ3v) is 5.65. The Morgan fingerprint density at radius 2 is 2.05 bits per heavy atom. The first-order valence-electron chi connectivity index (χ1n) is 7.41. The number of fused-ring (bicyclic) bond motifs is 2. The van der Waals surface area contributed by atoms with Crippen molar-refractivity contribution in [3.8, 4) is 0 Å². The molecule has 114 valence electrons. The largest absolute Gasteiger partial charge is 0.481 e. The van der Waals surface area contributed by atoms with Crippen molar-refractivity contribution in [2.45, 2.75) is 38.3 Å². The summed E-state index contributed by atoms with van der Waals surface area (Å²) in [6.07, 6.45) is 3.21. The summed E-state index contributed by atoms with van der Waals surface area (Å²) in [5.41, 5.74) is 0.927. The van der Waals surface area contributed by atoms with Gasteiger partial charge < -0.3 is 10.4 Å². The maximum atomic E-state index is 11.6. The van der Waals surface area contributed by atoms with Gasteiger partial charge in [-0.05, 0) is 61.8 Å². The van der Waals surface area contributed by atoms with Crippen LogP contribution in [0, 0.1) is 17.8 Å². The maximum absolute atomic E-state index is 11.6. The van der Waals surface area contributed by atoms with Crippen LogP contribution in [0.3, 0.4) is 0 Å². The van der Waals surface area contributed by atoms with E-state index in [9.17, 15) is 9.90 Å². The van der Waals surface area contributed by atoms with Crippen LogP contribution in [0.5, 0.6) is 0 Å². The number of carboxylic acids is 1. The molecule has 2 bridgehead atoms. The molecule has 2 fully saturated rings. The van der Waals surface area contributed by atoms with Gasteiger partial charge in [-0.3, -0.25) is 4.79 Å². The number of carboxylic acid groups (broad SMARTS) is 1. The third-order valence-electron chi connectivity index (χ3n) is 5.07. The molecule has 0 saturated heterocycles. The van der Waals surface area contributed by atoms with E-state index >= 15 is 0 Å². The Labute approximate surface area is 134 Å². The second kappa shape index (κ2) is 5.79. The van der Waals surface area contributed by atoms with E-state index in [1.54, 1.807) is 12.1 Å². The molecule has 2 aliphatic rings. The highest BCUT2D eigenvalue weighted by atomic mass is 35.5.